The lowest BCUT2D eigenvalue weighted by atomic mass is 10.2. The highest BCUT2D eigenvalue weighted by Gasteiger charge is 2.22. The number of hydrogen-bond acceptors (Lipinski definition) is 8. The Labute approximate surface area is 150 Å². The molecule has 26 heavy (non-hydrogen) atoms. The largest absolute Gasteiger partial charge is 0.493 e. The number of carbonyl (C=O) groups is 2. The van der Waals surface area contributed by atoms with Crippen molar-refractivity contribution in [1.82, 2.24) is 0 Å². The predicted octanol–water partition coefficient (Wildman–Crippen LogP) is 2.04. The van der Waals surface area contributed by atoms with Crippen molar-refractivity contribution in [3.63, 3.8) is 0 Å². The molecule has 0 aliphatic heterocycles. The van der Waals surface area contributed by atoms with Crippen LogP contribution in [0.4, 0.5) is 0 Å². The van der Waals surface area contributed by atoms with Gasteiger partial charge in [-0.3, -0.25) is 0 Å². The fraction of sp³-hybridized carbons (Fsp3) is 0.176. The Balaban J connectivity index is 2.38. The fourth-order valence-electron chi connectivity index (χ4n) is 2.04. The molecule has 0 heterocycles. The van der Waals surface area contributed by atoms with Crippen LogP contribution in [-0.2, 0) is 19.6 Å². The third-order valence-electron chi connectivity index (χ3n) is 3.33. The van der Waals surface area contributed by atoms with E-state index in [2.05, 4.69) is 9.47 Å². The number of methoxy groups -OCH3 is 3. The van der Waals surface area contributed by atoms with Crippen molar-refractivity contribution >= 4 is 22.1 Å². The number of ether oxygens (including phenoxy) is 3. The molecule has 0 saturated heterocycles. The Morgan fingerprint density at radius 2 is 1.42 bits per heavy atom. The average molecular weight is 380 g/mol. The van der Waals surface area contributed by atoms with Crippen molar-refractivity contribution < 1.29 is 36.4 Å². The molecule has 0 aromatic heterocycles. The van der Waals surface area contributed by atoms with Gasteiger partial charge in [-0.1, -0.05) is 6.07 Å². The zero-order valence-electron chi connectivity index (χ0n) is 14.2. The Kier molecular flexibility index (Phi) is 5.83. The molecule has 0 saturated carbocycles. The monoisotopic (exact) mass is 380 g/mol. The van der Waals surface area contributed by atoms with Gasteiger partial charge in [0.05, 0.1) is 32.5 Å². The topological polar surface area (TPSA) is 105 Å². The number of benzene rings is 2. The third kappa shape index (κ3) is 4.12. The van der Waals surface area contributed by atoms with Crippen LogP contribution in [0.5, 0.6) is 11.5 Å². The standard InChI is InChI=1S/C17H16O8S/c1-22-15-10-12(17(19)24-3)7-8-14(15)25-26(20,21)13-6-4-5-11(9-13)16(18)23-2/h4-10H,1-3H3. The second-order valence-corrected chi connectivity index (χ2v) is 6.46. The minimum absolute atomic E-state index is 0.0283. The molecule has 0 radical (unpaired) electrons. The Morgan fingerprint density at radius 3 is 2.00 bits per heavy atom. The van der Waals surface area contributed by atoms with Gasteiger partial charge in [-0.15, -0.1) is 0 Å². The molecule has 0 N–H and O–H groups in total. The maximum Gasteiger partial charge on any atom is 0.339 e. The summed E-state index contributed by atoms with van der Waals surface area (Å²) < 4.78 is 44.3. The van der Waals surface area contributed by atoms with Crippen molar-refractivity contribution in [2.75, 3.05) is 21.3 Å². The van der Waals surface area contributed by atoms with Gasteiger partial charge in [0.1, 0.15) is 4.90 Å². The van der Waals surface area contributed by atoms with Crippen molar-refractivity contribution in [1.29, 1.82) is 0 Å². The van der Waals surface area contributed by atoms with E-state index in [1.807, 2.05) is 0 Å². The molecule has 9 heteroatoms. The molecule has 138 valence electrons. The summed E-state index contributed by atoms with van der Waals surface area (Å²) in [5, 5.41) is 0. The first-order valence-electron chi connectivity index (χ1n) is 7.21. The van der Waals surface area contributed by atoms with Crippen LogP contribution in [0.3, 0.4) is 0 Å². The van der Waals surface area contributed by atoms with Gasteiger partial charge in [0, 0.05) is 0 Å². The van der Waals surface area contributed by atoms with Gasteiger partial charge in [-0.25, -0.2) is 9.59 Å². The lowest BCUT2D eigenvalue weighted by Crippen LogP contribution is -2.12. The lowest BCUT2D eigenvalue weighted by molar-refractivity contribution is 0.0591. The quantitative estimate of drug-likeness (QED) is 0.554. The molecule has 0 bridgehead atoms. The highest BCUT2D eigenvalue weighted by atomic mass is 32.2. The summed E-state index contributed by atoms with van der Waals surface area (Å²) >= 11 is 0. The third-order valence-corrected chi connectivity index (χ3v) is 4.56. The molecule has 2 aromatic rings. The van der Waals surface area contributed by atoms with E-state index < -0.39 is 22.1 Å². The predicted molar refractivity (Wildman–Crippen MR) is 89.9 cm³/mol. The summed E-state index contributed by atoms with van der Waals surface area (Å²) in [4.78, 5) is 22.9. The second kappa shape index (κ2) is 7.87. The summed E-state index contributed by atoms with van der Waals surface area (Å²) in [6.07, 6.45) is 0. The molecule has 0 unspecified atom stereocenters. The van der Waals surface area contributed by atoms with E-state index in [0.717, 1.165) is 6.07 Å². The van der Waals surface area contributed by atoms with Gasteiger partial charge < -0.3 is 18.4 Å². The van der Waals surface area contributed by atoms with E-state index in [-0.39, 0.29) is 27.5 Å². The van der Waals surface area contributed by atoms with Crippen molar-refractivity contribution in [2.45, 2.75) is 4.90 Å². The van der Waals surface area contributed by atoms with E-state index in [1.165, 1.54) is 57.7 Å². The fourth-order valence-corrected chi connectivity index (χ4v) is 3.03. The minimum atomic E-state index is -4.25. The maximum atomic E-state index is 12.5. The van der Waals surface area contributed by atoms with Crippen LogP contribution in [-0.4, -0.2) is 41.7 Å². The smallest absolute Gasteiger partial charge is 0.339 e. The molecule has 0 spiro atoms. The highest BCUT2D eigenvalue weighted by Crippen LogP contribution is 2.31. The Hall–Kier alpha value is -3.07. The summed E-state index contributed by atoms with van der Waals surface area (Å²) in [7, 11) is -0.545. The summed E-state index contributed by atoms with van der Waals surface area (Å²) in [6, 6.07) is 9.11. The van der Waals surface area contributed by atoms with Crippen molar-refractivity contribution in [3.8, 4) is 11.5 Å². The maximum absolute atomic E-state index is 12.5. The molecule has 0 amide bonds. The van der Waals surface area contributed by atoms with E-state index >= 15 is 0 Å². The first-order valence-corrected chi connectivity index (χ1v) is 8.62. The molecule has 8 nitrogen and oxygen atoms in total. The molecule has 2 rings (SSSR count). The summed E-state index contributed by atoms with van der Waals surface area (Å²) in [6.45, 7) is 0. The van der Waals surface area contributed by atoms with Crippen LogP contribution < -0.4 is 8.92 Å². The second-order valence-electron chi connectivity index (χ2n) is 4.91. The van der Waals surface area contributed by atoms with Crippen LogP contribution in [0.25, 0.3) is 0 Å². The molecule has 0 fully saturated rings. The van der Waals surface area contributed by atoms with Gasteiger partial charge in [0.15, 0.2) is 11.5 Å². The first-order chi connectivity index (χ1) is 12.3. The Bertz CT molecular complexity index is 934. The molecular weight excluding hydrogens is 364 g/mol. The number of esters is 2. The van der Waals surface area contributed by atoms with Crippen LogP contribution in [0.1, 0.15) is 20.7 Å². The van der Waals surface area contributed by atoms with Crippen LogP contribution in [0.2, 0.25) is 0 Å². The molecule has 2 aromatic carbocycles. The number of rotatable bonds is 6. The van der Waals surface area contributed by atoms with Crippen LogP contribution in [0.15, 0.2) is 47.4 Å². The molecule has 0 aliphatic carbocycles. The number of carbonyl (C=O) groups excluding carboxylic acids is 2. The van der Waals surface area contributed by atoms with E-state index in [0.29, 0.717) is 0 Å². The summed E-state index contributed by atoms with van der Waals surface area (Å²) in [5.41, 5.74) is 0.229. The highest BCUT2D eigenvalue weighted by molar-refractivity contribution is 7.87. The minimum Gasteiger partial charge on any atom is -0.493 e. The van der Waals surface area contributed by atoms with Gasteiger partial charge >= 0.3 is 22.1 Å². The number of hydrogen-bond donors (Lipinski definition) is 0. The van der Waals surface area contributed by atoms with Crippen molar-refractivity contribution in [3.05, 3.63) is 53.6 Å². The average Bonchev–Trinajstić information content (AvgIpc) is 2.66. The zero-order valence-corrected chi connectivity index (χ0v) is 15.0. The van der Waals surface area contributed by atoms with Crippen LogP contribution >= 0.6 is 0 Å². The van der Waals surface area contributed by atoms with E-state index in [4.69, 9.17) is 8.92 Å². The molecule has 0 atom stereocenters. The van der Waals surface area contributed by atoms with E-state index in [1.54, 1.807) is 0 Å². The first kappa shape index (κ1) is 19.3. The molecular formula is C17H16O8S. The van der Waals surface area contributed by atoms with Crippen molar-refractivity contribution in [2.24, 2.45) is 0 Å². The van der Waals surface area contributed by atoms with Gasteiger partial charge in [0.2, 0.25) is 0 Å². The summed E-state index contributed by atoms with van der Waals surface area (Å²) in [5.74, 6) is -1.38. The van der Waals surface area contributed by atoms with Gasteiger partial charge in [0.25, 0.3) is 0 Å². The van der Waals surface area contributed by atoms with Gasteiger partial charge in [-0.05, 0) is 36.4 Å². The zero-order chi connectivity index (χ0) is 19.3. The lowest BCUT2D eigenvalue weighted by Gasteiger charge is -2.12. The molecule has 0 aliphatic rings. The van der Waals surface area contributed by atoms with Crippen LogP contribution in [0, 0.1) is 0 Å². The van der Waals surface area contributed by atoms with E-state index in [9.17, 15) is 18.0 Å². The van der Waals surface area contributed by atoms with Gasteiger partial charge in [-0.2, -0.15) is 8.42 Å². The Morgan fingerprint density at radius 1 is 0.808 bits per heavy atom. The normalized spacial score (nSPS) is 10.7. The SMILES string of the molecule is COC(=O)c1cccc(S(=O)(=O)Oc2ccc(C(=O)OC)cc2OC)c1.